The van der Waals surface area contributed by atoms with E-state index in [1.165, 1.54) is 12.1 Å². The molecule has 0 fully saturated rings. The van der Waals surface area contributed by atoms with Crippen LogP contribution in [0.15, 0.2) is 24.3 Å². The highest BCUT2D eigenvalue weighted by Gasteiger charge is 2.38. The zero-order valence-corrected chi connectivity index (χ0v) is 11.9. The van der Waals surface area contributed by atoms with E-state index in [2.05, 4.69) is 5.32 Å². The summed E-state index contributed by atoms with van der Waals surface area (Å²) in [5.74, 6) is -0.338. The van der Waals surface area contributed by atoms with Gasteiger partial charge >= 0.3 is 12.2 Å². The summed E-state index contributed by atoms with van der Waals surface area (Å²) in [4.78, 5) is 22.2. The maximum Gasteiger partial charge on any atom is 0.416 e. The molecule has 1 rings (SSSR count). The van der Waals surface area contributed by atoms with Gasteiger partial charge in [-0.05, 0) is 12.1 Å². The standard InChI is InChI=1S/C13H16F3N3O4/c14-13(15,16)10(20)7-18-12(22)19-8-3-1-2-4-9(8)23-6-5-11(17)21/h1-4,10,20H,5-7H2,(H2,17,21)(H2,18,19,22). The smallest absolute Gasteiger partial charge is 0.416 e. The molecule has 0 bridgehead atoms. The van der Waals surface area contributed by atoms with E-state index in [0.717, 1.165) is 0 Å². The number of amides is 3. The number of carbonyl (C=O) groups is 2. The maximum absolute atomic E-state index is 12.1. The first-order valence-corrected chi connectivity index (χ1v) is 6.50. The lowest BCUT2D eigenvalue weighted by molar-refractivity contribution is -0.201. The van der Waals surface area contributed by atoms with Crippen molar-refractivity contribution in [3.63, 3.8) is 0 Å². The van der Waals surface area contributed by atoms with E-state index in [0.29, 0.717) is 0 Å². The summed E-state index contributed by atoms with van der Waals surface area (Å²) in [5, 5.41) is 13.0. The van der Waals surface area contributed by atoms with Gasteiger partial charge < -0.3 is 26.2 Å². The number of alkyl halides is 3. The fraction of sp³-hybridized carbons (Fsp3) is 0.385. The highest BCUT2D eigenvalue weighted by Crippen LogP contribution is 2.24. The number of carbonyl (C=O) groups excluding carboxylic acids is 2. The van der Waals surface area contributed by atoms with Gasteiger partial charge in [-0.2, -0.15) is 13.2 Å². The number of hydrogen-bond donors (Lipinski definition) is 4. The van der Waals surface area contributed by atoms with Crippen LogP contribution in [0.4, 0.5) is 23.7 Å². The second-order valence-corrected chi connectivity index (χ2v) is 4.45. The number of hydrogen-bond acceptors (Lipinski definition) is 4. The summed E-state index contributed by atoms with van der Waals surface area (Å²) in [6.45, 7) is -0.998. The highest BCUT2D eigenvalue weighted by molar-refractivity contribution is 5.90. The van der Waals surface area contributed by atoms with Crippen molar-refractivity contribution in [3.8, 4) is 5.75 Å². The Morgan fingerprint density at radius 2 is 1.96 bits per heavy atom. The summed E-state index contributed by atoms with van der Waals surface area (Å²) < 4.78 is 41.6. The van der Waals surface area contributed by atoms with E-state index in [1.807, 2.05) is 5.32 Å². The number of para-hydroxylation sites is 2. The van der Waals surface area contributed by atoms with Crippen LogP contribution in [0.5, 0.6) is 5.75 Å². The minimum atomic E-state index is -4.82. The SMILES string of the molecule is NC(=O)CCOc1ccccc1NC(=O)NCC(O)C(F)(F)F. The molecule has 0 aliphatic carbocycles. The van der Waals surface area contributed by atoms with Gasteiger partial charge in [0.25, 0.3) is 0 Å². The molecule has 1 aromatic rings. The summed E-state index contributed by atoms with van der Waals surface area (Å²) >= 11 is 0. The molecule has 0 saturated heterocycles. The van der Waals surface area contributed by atoms with Crippen molar-refractivity contribution in [2.24, 2.45) is 5.73 Å². The molecule has 7 nitrogen and oxygen atoms in total. The molecule has 0 aliphatic heterocycles. The quantitative estimate of drug-likeness (QED) is 0.595. The number of aliphatic hydroxyl groups excluding tert-OH is 1. The van der Waals surface area contributed by atoms with Gasteiger partial charge in [0.1, 0.15) is 5.75 Å². The van der Waals surface area contributed by atoms with Gasteiger partial charge in [0.05, 0.1) is 25.3 Å². The molecule has 3 amide bonds. The van der Waals surface area contributed by atoms with E-state index in [4.69, 9.17) is 15.6 Å². The summed E-state index contributed by atoms with van der Waals surface area (Å²) in [6, 6.07) is 5.19. The first kappa shape index (κ1) is 18.6. The fourth-order valence-electron chi connectivity index (χ4n) is 1.43. The normalized spacial score (nSPS) is 12.3. The van der Waals surface area contributed by atoms with Crippen LogP contribution < -0.4 is 21.1 Å². The van der Waals surface area contributed by atoms with Gasteiger partial charge in [-0.25, -0.2) is 4.79 Å². The first-order chi connectivity index (χ1) is 10.7. The first-order valence-electron chi connectivity index (χ1n) is 6.50. The third-order valence-corrected chi connectivity index (χ3v) is 2.58. The molecule has 10 heteroatoms. The number of rotatable bonds is 7. The number of ether oxygens (including phenoxy) is 1. The third-order valence-electron chi connectivity index (χ3n) is 2.58. The highest BCUT2D eigenvalue weighted by atomic mass is 19.4. The number of anilines is 1. The van der Waals surface area contributed by atoms with Crippen molar-refractivity contribution in [1.29, 1.82) is 0 Å². The zero-order valence-electron chi connectivity index (χ0n) is 11.9. The average Bonchev–Trinajstić information content (AvgIpc) is 2.45. The van der Waals surface area contributed by atoms with E-state index >= 15 is 0 Å². The van der Waals surface area contributed by atoms with Crippen molar-refractivity contribution in [3.05, 3.63) is 24.3 Å². The Morgan fingerprint density at radius 3 is 2.57 bits per heavy atom. The third kappa shape index (κ3) is 6.87. The lowest BCUT2D eigenvalue weighted by atomic mass is 10.3. The molecule has 0 radical (unpaired) electrons. The molecule has 128 valence electrons. The largest absolute Gasteiger partial charge is 0.491 e. The molecule has 1 unspecified atom stereocenters. The van der Waals surface area contributed by atoms with Crippen LogP contribution >= 0.6 is 0 Å². The molecule has 0 aliphatic rings. The molecule has 1 atom stereocenters. The van der Waals surface area contributed by atoms with Gasteiger partial charge in [0, 0.05) is 0 Å². The molecular weight excluding hydrogens is 319 g/mol. The molecule has 0 spiro atoms. The number of halogens is 3. The van der Waals surface area contributed by atoms with Crippen LogP contribution in [0.1, 0.15) is 6.42 Å². The van der Waals surface area contributed by atoms with Crippen molar-refractivity contribution in [1.82, 2.24) is 5.32 Å². The average molecular weight is 335 g/mol. The minimum Gasteiger partial charge on any atom is -0.491 e. The number of nitrogens with one attached hydrogen (secondary N) is 2. The molecular formula is C13H16F3N3O4. The summed E-state index contributed by atoms with van der Waals surface area (Å²) in [6.07, 6.45) is -7.50. The Balaban J connectivity index is 2.56. The zero-order chi connectivity index (χ0) is 17.5. The molecule has 0 aromatic heterocycles. The van der Waals surface area contributed by atoms with Crippen LogP contribution in [0.2, 0.25) is 0 Å². The summed E-state index contributed by atoms with van der Waals surface area (Å²) in [5.41, 5.74) is 5.15. The predicted octanol–water partition coefficient (Wildman–Crippen LogP) is 0.985. The van der Waals surface area contributed by atoms with E-state index in [1.54, 1.807) is 12.1 Å². The van der Waals surface area contributed by atoms with Gasteiger partial charge in [0.15, 0.2) is 6.10 Å². The van der Waals surface area contributed by atoms with E-state index in [-0.39, 0.29) is 24.5 Å². The van der Waals surface area contributed by atoms with Crippen LogP contribution in [-0.2, 0) is 4.79 Å². The van der Waals surface area contributed by atoms with Crippen LogP contribution in [0.25, 0.3) is 0 Å². The van der Waals surface area contributed by atoms with Crippen LogP contribution in [0, 0.1) is 0 Å². The van der Waals surface area contributed by atoms with Crippen LogP contribution in [-0.4, -0.2) is 42.5 Å². The van der Waals surface area contributed by atoms with E-state index in [9.17, 15) is 22.8 Å². The number of urea groups is 1. The number of nitrogens with two attached hydrogens (primary N) is 1. The van der Waals surface area contributed by atoms with Crippen molar-refractivity contribution >= 4 is 17.6 Å². The lowest BCUT2D eigenvalue weighted by Crippen LogP contribution is -2.42. The Kier molecular flexibility index (Phi) is 6.64. The monoisotopic (exact) mass is 335 g/mol. The van der Waals surface area contributed by atoms with Crippen LogP contribution in [0.3, 0.4) is 0 Å². The maximum atomic E-state index is 12.1. The topological polar surface area (TPSA) is 114 Å². The molecule has 5 N–H and O–H groups in total. The number of aliphatic hydroxyl groups is 1. The second kappa shape index (κ2) is 8.22. The molecule has 1 aromatic carbocycles. The van der Waals surface area contributed by atoms with Crippen molar-refractivity contribution in [2.75, 3.05) is 18.5 Å². The van der Waals surface area contributed by atoms with Crippen molar-refractivity contribution < 1.29 is 32.6 Å². The van der Waals surface area contributed by atoms with Gasteiger partial charge in [0.2, 0.25) is 5.91 Å². The Hall–Kier alpha value is -2.49. The Morgan fingerprint density at radius 1 is 1.30 bits per heavy atom. The second-order valence-electron chi connectivity index (χ2n) is 4.45. The van der Waals surface area contributed by atoms with Gasteiger partial charge in [-0.3, -0.25) is 4.79 Å². The van der Waals surface area contributed by atoms with Crippen molar-refractivity contribution in [2.45, 2.75) is 18.7 Å². The molecule has 0 heterocycles. The number of benzene rings is 1. The molecule has 23 heavy (non-hydrogen) atoms. The van der Waals surface area contributed by atoms with E-state index < -0.39 is 30.8 Å². The Labute approximate surface area is 129 Å². The predicted molar refractivity (Wildman–Crippen MR) is 74.8 cm³/mol. The number of primary amides is 1. The van der Waals surface area contributed by atoms with Gasteiger partial charge in [-0.1, -0.05) is 12.1 Å². The lowest BCUT2D eigenvalue weighted by Gasteiger charge is -2.16. The minimum absolute atomic E-state index is 0.0115. The Bertz CT molecular complexity index is 552. The summed E-state index contributed by atoms with van der Waals surface area (Å²) in [7, 11) is 0. The fourth-order valence-corrected chi connectivity index (χ4v) is 1.43. The van der Waals surface area contributed by atoms with Gasteiger partial charge in [-0.15, -0.1) is 0 Å². The molecule has 0 saturated carbocycles.